The second kappa shape index (κ2) is 3.83. The predicted octanol–water partition coefficient (Wildman–Crippen LogP) is -0.454. The van der Waals surface area contributed by atoms with Crippen molar-refractivity contribution >= 4 is 0 Å². The lowest BCUT2D eigenvalue weighted by Gasteiger charge is -2.13. The van der Waals surface area contributed by atoms with Crippen LogP contribution < -0.4 is 5.73 Å². The van der Waals surface area contributed by atoms with Gasteiger partial charge in [-0.05, 0) is 6.54 Å². The van der Waals surface area contributed by atoms with Gasteiger partial charge >= 0.3 is 0 Å². The van der Waals surface area contributed by atoms with Crippen LogP contribution in [0.15, 0.2) is 0 Å². The van der Waals surface area contributed by atoms with Gasteiger partial charge in [-0.15, -0.1) is 0 Å². The molecule has 0 aromatic rings. The summed E-state index contributed by atoms with van der Waals surface area (Å²) in [6.07, 6.45) is -0.708. The van der Waals surface area contributed by atoms with Crippen LogP contribution in [0.4, 0.5) is 0 Å². The van der Waals surface area contributed by atoms with Gasteiger partial charge in [-0.2, -0.15) is 0 Å². The topological polar surface area (TPSA) is 55.5 Å². The number of methoxy groups -OCH3 is 1. The van der Waals surface area contributed by atoms with Gasteiger partial charge in [0, 0.05) is 13.0 Å². The summed E-state index contributed by atoms with van der Waals surface area (Å²) in [6, 6.07) is 0. The van der Waals surface area contributed by atoms with E-state index in [1.54, 1.807) is 0 Å². The summed E-state index contributed by atoms with van der Waals surface area (Å²) >= 11 is 0. The van der Waals surface area contributed by atoms with Crippen LogP contribution in [0.3, 0.4) is 0 Å². The number of ether oxygens (including phenoxy) is 1. The van der Waals surface area contributed by atoms with E-state index in [-0.39, 0.29) is 5.92 Å². The molecular weight excluding hydrogens is 106 g/mol. The van der Waals surface area contributed by atoms with E-state index < -0.39 is 6.29 Å². The van der Waals surface area contributed by atoms with Gasteiger partial charge in [-0.3, -0.25) is 0 Å². The highest BCUT2D eigenvalue weighted by Crippen LogP contribution is 1.98. The van der Waals surface area contributed by atoms with Crippen LogP contribution in [0.25, 0.3) is 0 Å². The number of nitrogens with two attached hydrogens (primary N) is 1. The molecule has 0 fully saturated rings. The van der Waals surface area contributed by atoms with Crippen molar-refractivity contribution in [1.82, 2.24) is 0 Å². The zero-order valence-corrected chi connectivity index (χ0v) is 5.29. The zero-order chi connectivity index (χ0) is 6.57. The molecule has 0 heterocycles. The van der Waals surface area contributed by atoms with Crippen LogP contribution in [0, 0.1) is 5.92 Å². The van der Waals surface area contributed by atoms with Gasteiger partial charge in [0.2, 0.25) is 0 Å². The summed E-state index contributed by atoms with van der Waals surface area (Å²) in [6.45, 7) is 2.28. The largest absolute Gasteiger partial charge is 0.368 e. The summed E-state index contributed by atoms with van der Waals surface area (Å²) < 4.78 is 4.58. The van der Waals surface area contributed by atoms with E-state index in [1.807, 2.05) is 6.92 Å². The van der Waals surface area contributed by atoms with Gasteiger partial charge in [0.15, 0.2) is 6.29 Å². The van der Waals surface area contributed by atoms with Crippen molar-refractivity contribution in [2.24, 2.45) is 11.7 Å². The van der Waals surface area contributed by atoms with Gasteiger partial charge in [0.05, 0.1) is 0 Å². The summed E-state index contributed by atoms with van der Waals surface area (Å²) in [5.41, 5.74) is 5.21. The van der Waals surface area contributed by atoms with E-state index in [0.29, 0.717) is 6.54 Å². The normalized spacial score (nSPS) is 18.0. The lowest BCUT2D eigenvalue weighted by Crippen LogP contribution is -2.26. The average Bonchev–Trinajstić information content (AvgIpc) is 1.84. The molecule has 3 heteroatoms. The molecule has 2 atom stereocenters. The molecule has 0 aliphatic rings. The minimum Gasteiger partial charge on any atom is -0.368 e. The first-order valence-corrected chi connectivity index (χ1v) is 2.63. The Kier molecular flexibility index (Phi) is 3.77. The summed E-state index contributed by atoms with van der Waals surface area (Å²) in [4.78, 5) is 0. The molecule has 3 nitrogen and oxygen atoms in total. The SMILES string of the molecule is COC(O)[C@@H](C)CN. The van der Waals surface area contributed by atoms with E-state index in [9.17, 15) is 0 Å². The monoisotopic (exact) mass is 119 g/mol. The maximum atomic E-state index is 8.82. The lowest BCUT2D eigenvalue weighted by atomic mass is 10.2. The molecule has 0 aliphatic carbocycles. The Hall–Kier alpha value is -0.120. The average molecular weight is 119 g/mol. The Bertz CT molecular complexity index is 50.4. The minimum atomic E-state index is -0.708. The smallest absolute Gasteiger partial charge is 0.157 e. The molecule has 1 unspecified atom stereocenters. The van der Waals surface area contributed by atoms with E-state index in [2.05, 4.69) is 4.74 Å². The van der Waals surface area contributed by atoms with Crippen molar-refractivity contribution in [3.63, 3.8) is 0 Å². The number of hydrogen-bond donors (Lipinski definition) is 2. The zero-order valence-electron chi connectivity index (χ0n) is 5.29. The Balaban J connectivity index is 3.29. The maximum absolute atomic E-state index is 8.82. The van der Waals surface area contributed by atoms with Crippen LogP contribution in [0.1, 0.15) is 6.92 Å². The second-order valence-electron chi connectivity index (χ2n) is 1.84. The third-order valence-electron chi connectivity index (χ3n) is 1.10. The lowest BCUT2D eigenvalue weighted by molar-refractivity contribution is -0.105. The first kappa shape index (κ1) is 7.88. The third kappa shape index (κ3) is 2.26. The third-order valence-corrected chi connectivity index (χ3v) is 1.10. The van der Waals surface area contributed by atoms with Gasteiger partial charge in [0.1, 0.15) is 0 Å². The van der Waals surface area contributed by atoms with E-state index in [0.717, 1.165) is 0 Å². The number of aliphatic hydroxyl groups excluding tert-OH is 1. The Morgan fingerprint density at radius 2 is 2.25 bits per heavy atom. The molecule has 0 radical (unpaired) electrons. The van der Waals surface area contributed by atoms with Crippen molar-refractivity contribution in [2.75, 3.05) is 13.7 Å². The Morgan fingerprint density at radius 1 is 1.75 bits per heavy atom. The fourth-order valence-corrected chi connectivity index (χ4v) is 0.349. The van der Waals surface area contributed by atoms with Crippen molar-refractivity contribution in [3.05, 3.63) is 0 Å². The number of aliphatic hydroxyl groups is 1. The van der Waals surface area contributed by atoms with Crippen LogP contribution in [-0.2, 0) is 4.74 Å². The van der Waals surface area contributed by atoms with Crippen LogP contribution in [0.2, 0.25) is 0 Å². The van der Waals surface area contributed by atoms with Gasteiger partial charge in [-0.1, -0.05) is 6.92 Å². The first-order chi connectivity index (χ1) is 3.72. The number of rotatable bonds is 3. The highest BCUT2D eigenvalue weighted by Gasteiger charge is 2.09. The molecular formula is C5H13NO2. The fourth-order valence-electron chi connectivity index (χ4n) is 0.349. The summed E-state index contributed by atoms with van der Waals surface area (Å²) in [5, 5.41) is 8.82. The highest BCUT2D eigenvalue weighted by atomic mass is 16.6. The number of hydrogen-bond acceptors (Lipinski definition) is 3. The molecule has 0 rings (SSSR count). The molecule has 0 spiro atoms. The molecule has 8 heavy (non-hydrogen) atoms. The standard InChI is InChI=1S/C5H13NO2/c1-4(3-6)5(7)8-2/h4-5,7H,3,6H2,1-2H3/t4-,5?/m0/s1. The van der Waals surface area contributed by atoms with Crippen molar-refractivity contribution < 1.29 is 9.84 Å². The van der Waals surface area contributed by atoms with Gasteiger partial charge in [-0.25, -0.2) is 0 Å². The molecule has 0 aliphatic heterocycles. The second-order valence-corrected chi connectivity index (χ2v) is 1.84. The molecule has 50 valence electrons. The van der Waals surface area contributed by atoms with E-state index in [4.69, 9.17) is 10.8 Å². The molecule has 0 amide bonds. The van der Waals surface area contributed by atoms with E-state index >= 15 is 0 Å². The highest BCUT2D eigenvalue weighted by molar-refractivity contribution is 4.53. The van der Waals surface area contributed by atoms with Crippen LogP contribution in [0.5, 0.6) is 0 Å². The predicted molar refractivity (Wildman–Crippen MR) is 31.2 cm³/mol. The fraction of sp³-hybridized carbons (Fsp3) is 1.00. The Morgan fingerprint density at radius 3 is 2.38 bits per heavy atom. The molecule has 0 bridgehead atoms. The first-order valence-electron chi connectivity index (χ1n) is 2.63. The quantitative estimate of drug-likeness (QED) is 0.494. The molecule has 0 aromatic carbocycles. The van der Waals surface area contributed by atoms with Crippen molar-refractivity contribution in [1.29, 1.82) is 0 Å². The molecule has 0 saturated heterocycles. The molecule has 0 saturated carbocycles. The van der Waals surface area contributed by atoms with E-state index in [1.165, 1.54) is 7.11 Å². The maximum Gasteiger partial charge on any atom is 0.157 e. The summed E-state index contributed by atoms with van der Waals surface area (Å²) in [5.74, 6) is 0.0278. The molecule has 0 aromatic heterocycles. The Labute approximate surface area is 49.4 Å². The van der Waals surface area contributed by atoms with Gasteiger partial charge in [0.25, 0.3) is 0 Å². The summed E-state index contributed by atoms with van der Waals surface area (Å²) in [7, 11) is 1.46. The van der Waals surface area contributed by atoms with Crippen LogP contribution >= 0.6 is 0 Å². The molecule has 3 N–H and O–H groups in total. The van der Waals surface area contributed by atoms with Crippen molar-refractivity contribution in [3.8, 4) is 0 Å². The minimum absolute atomic E-state index is 0.0278. The van der Waals surface area contributed by atoms with Crippen molar-refractivity contribution in [2.45, 2.75) is 13.2 Å². The van der Waals surface area contributed by atoms with Crippen LogP contribution in [-0.4, -0.2) is 25.1 Å². The van der Waals surface area contributed by atoms with Gasteiger partial charge < -0.3 is 15.6 Å².